The van der Waals surface area contributed by atoms with Crippen LogP contribution in [-0.2, 0) is 6.54 Å². The Morgan fingerprint density at radius 3 is 3.00 bits per heavy atom. The molecule has 92 valence electrons. The van der Waals surface area contributed by atoms with Gasteiger partial charge in [-0.1, -0.05) is 0 Å². The number of carbonyl (C=O) groups excluding carboxylic acids is 1. The van der Waals surface area contributed by atoms with E-state index in [9.17, 15) is 9.90 Å². The van der Waals surface area contributed by atoms with E-state index in [-0.39, 0.29) is 12.0 Å². The van der Waals surface area contributed by atoms with Crippen molar-refractivity contribution >= 4 is 5.91 Å². The lowest BCUT2D eigenvalue weighted by Crippen LogP contribution is -2.30. The van der Waals surface area contributed by atoms with Gasteiger partial charge in [-0.05, 0) is 18.6 Å². The third-order valence-corrected chi connectivity index (χ3v) is 2.85. The van der Waals surface area contributed by atoms with Crippen molar-refractivity contribution in [1.82, 2.24) is 15.3 Å². The largest absolute Gasteiger partial charge is 0.392 e. The number of likely N-dealkylation sites (tertiary alicyclic amines) is 1. The van der Waals surface area contributed by atoms with Crippen molar-refractivity contribution in [2.45, 2.75) is 19.1 Å². The highest BCUT2D eigenvalue weighted by Crippen LogP contribution is 2.12. The van der Waals surface area contributed by atoms with Gasteiger partial charge in [-0.25, -0.2) is 5.84 Å². The average molecular weight is 236 g/mol. The third-order valence-electron chi connectivity index (χ3n) is 2.85. The number of nitrogens with two attached hydrogens (primary N) is 1. The number of nitrogen functional groups attached to an aromatic ring is 1. The lowest BCUT2D eigenvalue weighted by atomic mass is 10.2. The number of nitrogens with zero attached hydrogens (tertiary/aromatic N) is 2. The molecule has 1 atom stereocenters. The number of hydrogen-bond acceptors (Lipinski definition) is 5. The van der Waals surface area contributed by atoms with Crippen molar-refractivity contribution < 1.29 is 9.90 Å². The Hall–Kier alpha value is -1.50. The fraction of sp³-hybridized carbons (Fsp3) is 0.455. The molecular formula is C11H16N4O2. The van der Waals surface area contributed by atoms with Crippen molar-refractivity contribution in [3.05, 3.63) is 29.6 Å². The van der Waals surface area contributed by atoms with Crippen LogP contribution in [0.2, 0.25) is 0 Å². The molecule has 0 saturated carbocycles. The first kappa shape index (κ1) is 12.0. The van der Waals surface area contributed by atoms with E-state index in [0.29, 0.717) is 18.7 Å². The van der Waals surface area contributed by atoms with Gasteiger partial charge in [0.15, 0.2) is 0 Å². The highest BCUT2D eigenvalue weighted by molar-refractivity contribution is 5.93. The highest BCUT2D eigenvalue weighted by Gasteiger charge is 2.20. The summed E-state index contributed by atoms with van der Waals surface area (Å²) in [5.74, 6) is 4.68. The smallest absolute Gasteiger partial charge is 0.266 e. The van der Waals surface area contributed by atoms with Crippen LogP contribution in [0.15, 0.2) is 18.3 Å². The summed E-state index contributed by atoms with van der Waals surface area (Å²) in [6, 6.07) is 3.49. The number of aliphatic hydroxyl groups excluding tert-OH is 1. The maximum Gasteiger partial charge on any atom is 0.266 e. The molecule has 6 nitrogen and oxygen atoms in total. The molecule has 0 radical (unpaired) electrons. The van der Waals surface area contributed by atoms with Crippen LogP contribution < -0.4 is 11.3 Å². The molecule has 0 spiro atoms. The Bertz CT molecular complexity index is 393. The first-order valence-electron chi connectivity index (χ1n) is 5.55. The standard InChI is InChI=1S/C11H16N4O2/c12-14-11(17)8-1-2-9(13-5-8)6-15-4-3-10(16)7-15/h1-2,5,10,16H,3-4,6-7,12H2,(H,14,17). The number of β-amino-alcohol motifs (C(OH)–C–C–N with tert-alkyl or cyclic N) is 1. The molecule has 1 aliphatic heterocycles. The second-order valence-electron chi connectivity index (χ2n) is 4.19. The van der Waals surface area contributed by atoms with Crippen LogP contribution in [0, 0.1) is 0 Å². The molecule has 1 saturated heterocycles. The molecule has 0 bridgehead atoms. The Morgan fingerprint density at radius 1 is 1.65 bits per heavy atom. The van der Waals surface area contributed by atoms with Gasteiger partial charge in [0, 0.05) is 25.8 Å². The minimum atomic E-state index is -0.347. The van der Waals surface area contributed by atoms with Crippen LogP contribution in [-0.4, -0.2) is 40.1 Å². The zero-order valence-electron chi connectivity index (χ0n) is 9.47. The number of carbonyl (C=O) groups is 1. The average Bonchev–Trinajstić information content (AvgIpc) is 2.75. The van der Waals surface area contributed by atoms with Crippen molar-refractivity contribution in [3.8, 4) is 0 Å². The molecule has 1 aromatic heterocycles. The van der Waals surface area contributed by atoms with Crippen molar-refractivity contribution in [2.24, 2.45) is 5.84 Å². The number of aliphatic hydroxyl groups is 1. The van der Waals surface area contributed by atoms with Crippen molar-refractivity contribution in [1.29, 1.82) is 0 Å². The summed E-state index contributed by atoms with van der Waals surface area (Å²) in [5.41, 5.74) is 3.38. The molecule has 1 unspecified atom stereocenters. The molecule has 2 heterocycles. The summed E-state index contributed by atoms with van der Waals surface area (Å²) in [6.07, 6.45) is 2.09. The van der Waals surface area contributed by atoms with Gasteiger partial charge in [-0.15, -0.1) is 0 Å². The fourth-order valence-electron chi connectivity index (χ4n) is 1.92. The molecule has 0 aromatic carbocycles. The van der Waals surface area contributed by atoms with Gasteiger partial charge in [0.05, 0.1) is 17.4 Å². The van der Waals surface area contributed by atoms with Gasteiger partial charge in [0.1, 0.15) is 0 Å². The second kappa shape index (κ2) is 5.22. The Kier molecular flexibility index (Phi) is 3.68. The lowest BCUT2D eigenvalue weighted by Gasteiger charge is -2.14. The summed E-state index contributed by atoms with van der Waals surface area (Å²) in [7, 11) is 0. The SMILES string of the molecule is NNC(=O)c1ccc(CN2CCC(O)C2)nc1. The van der Waals surface area contributed by atoms with Gasteiger partial charge in [0.2, 0.25) is 0 Å². The molecule has 1 fully saturated rings. The van der Waals surface area contributed by atoms with Crippen molar-refractivity contribution in [2.75, 3.05) is 13.1 Å². The predicted octanol–water partition coefficient (Wildman–Crippen LogP) is -0.748. The molecule has 4 N–H and O–H groups in total. The number of amides is 1. The van der Waals surface area contributed by atoms with Crippen LogP contribution in [0.4, 0.5) is 0 Å². The van der Waals surface area contributed by atoms with Crippen LogP contribution in [0.3, 0.4) is 0 Å². The molecule has 1 amide bonds. The normalized spacial score (nSPS) is 20.5. The third kappa shape index (κ3) is 3.00. The van der Waals surface area contributed by atoms with E-state index in [1.165, 1.54) is 6.20 Å². The van der Waals surface area contributed by atoms with Crippen LogP contribution in [0.1, 0.15) is 22.5 Å². The first-order chi connectivity index (χ1) is 8.19. The maximum absolute atomic E-state index is 11.2. The van der Waals surface area contributed by atoms with Gasteiger partial charge in [-0.3, -0.25) is 20.1 Å². The number of hydrazine groups is 1. The Balaban J connectivity index is 1.96. The van der Waals surface area contributed by atoms with Gasteiger partial charge in [0.25, 0.3) is 5.91 Å². The summed E-state index contributed by atoms with van der Waals surface area (Å²) < 4.78 is 0. The van der Waals surface area contributed by atoms with E-state index in [1.807, 2.05) is 0 Å². The number of nitrogens with one attached hydrogen (secondary N) is 1. The molecule has 1 aliphatic rings. The zero-order valence-corrected chi connectivity index (χ0v) is 9.47. The summed E-state index contributed by atoms with van der Waals surface area (Å²) in [5, 5.41) is 9.40. The molecule has 1 aromatic rings. The van der Waals surface area contributed by atoms with E-state index in [0.717, 1.165) is 18.7 Å². The first-order valence-corrected chi connectivity index (χ1v) is 5.55. The van der Waals surface area contributed by atoms with E-state index >= 15 is 0 Å². The molecule has 0 aliphatic carbocycles. The predicted molar refractivity (Wildman–Crippen MR) is 61.8 cm³/mol. The fourth-order valence-corrected chi connectivity index (χ4v) is 1.92. The number of hydrogen-bond donors (Lipinski definition) is 3. The highest BCUT2D eigenvalue weighted by atomic mass is 16.3. The minimum absolute atomic E-state index is 0.225. The lowest BCUT2D eigenvalue weighted by molar-refractivity contribution is 0.0953. The van der Waals surface area contributed by atoms with Crippen molar-refractivity contribution in [3.63, 3.8) is 0 Å². The molecule has 6 heteroatoms. The zero-order chi connectivity index (χ0) is 12.3. The number of aromatic nitrogens is 1. The summed E-state index contributed by atoms with van der Waals surface area (Å²) in [4.78, 5) is 17.5. The maximum atomic E-state index is 11.2. The van der Waals surface area contributed by atoms with Crippen LogP contribution in [0.25, 0.3) is 0 Å². The second-order valence-corrected chi connectivity index (χ2v) is 4.19. The van der Waals surface area contributed by atoms with Crippen LogP contribution >= 0.6 is 0 Å². The van der Waals surface area contributed by atoms with E-state index in [2.05, 4.69) is 15.3 Å². The van der Waals surface area contributed by atoms with Crippen LogP contribution in [0.5, 0.6) is 0 Å². The molecular weight excluding hydrogens is 220 g/mol. The molecule has 17 heavy (non-hydrogen) atoms. The minimum Gasteiger partial charge on any atom is -0.392 e. The van der Waals surface area contributed by atoms with E-state index in [4.69, 9.17) is 5.84 Å². The van der Waals surface area contributed by atoms with Gasteiger partial charge < -0.3 is 5.11 Å². The van der Waals surface area contributed by atoms with Gasteiger partial charge in [-0.2, -0.15) is 0 Å². The van der Waals surface area contributed by atoms with E-state index in [1.54, 1.807) is 12.1 Å². The molecule has 2 rings (SSSR count). The Labute approximate surface area is 99.4 Å². The number of pyridine rings is 1. The summed E-state index contributed by atoms with van der Waals surface area (Å²) >= 11 is 0. The quantitative estimate of drug-likeness (QED) is 0.365. The van der Waals surface area contributed by atoms with E-state index < -0.39 is 0 Å². The topological polar surface area (TPSA) is 91.5 Å². The Morgan fingerprint density at radius 2 is 2.47 bits per heavy atom. The summed E-state index contributed by atoms with van der Waals surface area (Å²) in [6.45, 7) is 2.27. The monoisotopic (exact) mass is 236 g/mol. The van der Waals surface area contributed by atoms with Gasteiger partial charge >= 0.3 is 0 Å². The number of rotatable bonds is 3.